The lowest BCUT2D eigenvalue weighted by Gasteiger charge is -2.21. The predicted octanol–water partition coefficient (Wildman–Crippen LogP) is 3.64. The van der Waals surface area contributed by atoms with Crippen LogP contribution in [0.15, 0.2) is 0 Å². The lowest BCUT2D eigenvalue weighted by Crippen LogP contribution is -2.24. The molecule has 2 aliphatic rings. The highest BCUT2D eigenvalue weighted by molar-refractivity contribution is 7.11. The molecule has 1 fully saturated rings. The highest BCUT2D eigenvalue weighted by Gasteiger charge is 2.48. The zero-order valence-corrected chi connectivity index (χ0v) is 11.9. The van der Waals surface area contributed by atoms with Crippen molar-refractivity contribution in [3.8, 4) is 0 Å². The third kappa shape index (κ3) is 2.04. The first-order valence-corrected chi connectivity index (χ1v) is 7.66. The van der Waals surface area contributed by atoms with Gasteiger partial charge in [0.2, 0.25) is 0 Å². The highest BCUT2D eigenvalue weighted by Crippen LogP contribution is 2.59. The van der Waals surface area contributed by atoms with Crippen LogP contribution in [0.2, 0.25) is 0 Å². The molecule has 3 rings (SSSR count). The van der Waals surface area contributed by atoms with Crippen LogP contribution in [-0.4, -0.2) is 11.5 Å². The molecule has 2 unspecified atom stereocenters. The minimum Gasteiger partial charge on any atom is -0.309 e. The van der Waals surface area contributed by atoms with Gasteiger partial charge in [0.05, 0.1) is 16.7 Å². The van der Waals surface area contributed by atoms with Crippen molar-refractivity contribution in [2.45, 2.75) is 58.4 Å². The minimum absolute atomic E-state index is 0.508. The molecule has 0 spiro atoms. The Labute approximate surface area is 108 Å². The maximum atomic E-state index is 4.96. The lowest BCUT2D eigenvalue weighted by atomic mass is 9.97. The zero-order chi connectivity index (χ0) is 12.0. The van der Waals surface area contributed by atoms with E-state index in [2.05, 4.69) is 26.1 Å². The summed E-state index contributed by atoms with van der Waals surface area (Å²) in [6, 6.07) is 0.524. The number of fused-ring (bicyclic) bond motifs is 1. The normalized spacial score (nSPS) is 30.1. The monoisotopic (exact) mass is 250 g/mol. The van der Waals surface area contributed by atoms with E-state index in [1.807, 2.05) is 11.3 Å². The van der Waals surface area contributed by atoms with Crippen molar-refractivity contribution in [1.29, 1.82) is 0 Å². The first-order valence-electron chi connectivity index (χ1n) is 6.84. The lowest BCUT2D eigenvalue weighted by molar-refractivity contribution is 0.464. The predicted molar refractivity (Wildman–Crippen MR) is 72.6 cm³/mol. The Morgan fingerprint density at radius 2 is 2.24 bits per heavy atom. The molecule has 1 aromatic rings. The molecule has 94 valence electrons. The van der Waals surface area contributed by atoms with E-state index in [0.29, 0.717) is 11.5 Å². The SMILES string of the molecule is CCNC1CCCc2sc(C3CC3(C)C)nc21. The Hall–Kier alpha value is -0.410. The molecule has 0 saturated heterocycles. The summed E-state index contributed by atoms with van der Waals surface area (Å²) in [6.45, 7) is 7.96. The molecule has 1 aromatic heterocycles. The number of nitrogens with one attached hydrogen (secondary N) is 1. The summed E-state index contributed by atoms with van der Waals surface area (Å²) < 4.78 is 0. The average Bonchev–Trinajstić information content (AvgIpc) is 2.75. The third-order valence-electron chi connectivity index (χ3n) is 4.23. The molecule has 0 aliphatic heterocycles. The van der Waals surface area contributed by atoms with Crippen molar-refractivity contribution in [2.24, 2.45) is 5.41 Å². The quantitative estimate of drug-likeness (QED) is 0.886. The van der Waals surface area contributed by atoms with Crippen LogP contribution in [0.25, 0.3) is 0 Å². The Bertz CT molecular complexity index is 422. The fraction of sp³-hybridized carbons (Fsp3) is 0.786. The van der Waals surface area contributed by atoms with Gasteiger partial charge in [-0.25, -0.2) is 4.98 Å². The smallest absolute Gasteiger partial charge is 0.0968 e. The highest BCUT2D eigenvalue weighted by atomic mass is 32.1. The van der Waals surface area contributed by atoms with Crippen molar-refractivity contribution in [2.75, 3.05) is 6.54 Å². The molecule has 1 saturated carbocycles. The summed E-state index contributed by atoms with van der Waals surface area (Å²) in [5.74, 6) is 0.736. The Morgan fingerprint density at radius 1 is 1.47 bits per heavy atom. The summed E-state index contributed by atoms with van der Waals surface area (Å²) in [4.78, 5) is 6.52. The minimum atomic E-state index is 0.508. The number of thiazole rings is 1. The van der Waals surface area contributed by atoms with Gasteiger partial charge in [-0.15, -0.1) is 11.3 Å². The van der Waals surface area contributed by atoms with Gasteiger partial charge in [0.15, 0.2) is 0 Å². The van der Waals surface area contributed by atoms with Crippen LogP contribution in [0.4, 0.5) is 0 Å². The van der Waals surface area contributed by atoms with Crippen LogP contribution in [0.3, 0.4) is 0 Å². The summed E-state index contributed by atoms with van der Waals surface area (Å²) in [5.41, 5.74) is 1.88. The Kier molecular flexibility index (Phi) is 2.79. The molecular formula is C14H22N2S. The van der Waals surface area contributed by atoms with Gasteiger partial charge in [-0.2, -0.15) is 0 Å². The molecular weight excluding hydrogens is 228 g/mol. The third-order valence-corrected chi connectivity index (χ3v) is 5.48. The molecule has 2 aliphatic carbocycles. The van der Waals surface area contributed by atoms with Crippen LogP contribution in [-0.2, 0) is 6.42 Å². The molecule has 2 nitrogen and oxygen atoms in total. The molecule has 0 aromatic carbocycles. The average molecular weight is 250 g/mol. The van der Waals surface area contributed by atoms with Crippen LogP contribution in [0, 0.1) is 5.41 Å². The zero-order valence-electron chi connectivity index (χ0n) is 11.0. The topological polar surface area (TPSA) is 24.9 Å². The van der Waals surface area contributed by atoms with Crippen molar-refractivity contribution in [1.82, 2.24) is 10.3 Å². The van der Waals surface area contributed by atoms with E-state index in [9.17, 15) is 0 Å². The number of hydrogen-bond acceptors (Lipinski definition) is 3. The van der Waals surface area contributed by atoms with E-state index in [-0.39, 0.29) is 0 Å². The van der Waals surface area contributed by atoms with Gasteiger partial charge in [0.1, 0.15) is 0 Å². The van der Waals surface area contributed by atoms with Gasteiger partial charge in [0.25, 0.3) is 0 Å². The van der Waals surface area contributed by atoms with Crippen LogP contribution in [0.5, 0.6) is 0 Å². The Morgan fingerprint density at radius 3 is 2.88 bits per heavy atom. The fourth-order valence-corrected chi connectivity index (χ4v) is 4.40. The van der Waals surface area contributed by atoms with Gasteiger partial charge in [-0.3, -0.25) is 0 Å². The largest absolute Gasteiger partial charge is 0.309 e. The van der Waals surface area contributed by atoms with E-state index < -0.39 is 0 Å². The first kappa shape index (κ1) is 11.7. The molecule has 1 heterocycles. The number of rotatable bonds is 3. The summed E-state index contributed by atoms with van der Waals surface area (Å²) in [6.07, 6.45) is 5.16. The summed E-state index contributed by atoms with van der Waals surface area (Å²) in [5, 5.41) is 4.99. The summed E-state index contributed by atoms with van der Waals surface area (Å²) >= 11 is 1.99. The van der Waals surface area contributed by atoms with Crippen LogP contribution < -0.4 is 5.32 Å². The second kappa shape index (κ2) is 4.06. The second-order valence-corrected chi connectivity index (χ2v) is 7.22. The van der Waals surface area contributed by atoms with E-state index in [0.717, 1.165) is 12.5 Å². The molecule has 3 heteroatoms. The number of aromatic nitrogens is 1. The molecule has 1 N–H and O–H groups in total. The second-order valence-electron chi connectivity index (χ2n) is 6.11. The van der Waals surface area contributed by atoms with Crippen molar-refractivity contribution in [3.63, 3.8) is 0 Å². The molecule has 0 bridgehead atoms. The van der Waals surface area contributed by atoms with Gasteiger partial charge < -0.3 is 5.32 Å². The number of hydrogen-bond donors (Lipinski definition) is 1. The van der Waals surface area contributed by atoms with Gasteiger partial charge in [-0.1, -0.05) is 20.8 Å². The van der Waals surface area contributed by atoms with E-state index in [1.165, 1.54) is 36.4 Å². The van der Waals surface area contributed by atoms with Gasteiger partial charge in [-0.05, 0) is 37.6 Å². The van der Waals surface area contributed by atoms with E-state index >= 15 is 0 Å². The maximum absolute atomic E-state index is 4.96. The number of aryl methyl sites for hydroxylation is 1. The fourth-order valence-electron chi connectivity index (χ4n) is 2.92. The first-order chi connectivity index (χ1) is 8.12. The van der Waals surface area contributed by atoms with Crippen molar-refractivity contribution >= 4 is 11.3 Å². The maximum Gasteiger partial charge on any atom is 0.0968 e. The van der Waals surface area contributed by atoms with E-state index in [4.69, 9.17) is 4.98 Å². The van der Waals surface area contributed by atoms with Crippen LogP contribution in [0.1, 0.15) is 67.6 Å². The molecule has 17 heavy (non-hydrogen) atoms. The van der Waals surface area contributed by atoms with Crippen molar-refractivity contribution in [3.05, 3.63) is 15.6 Å². The van der Waals surface area contributed by atoms with Gasteiger partial charge in [0, 0.05) is 10.8 Å². The van der Waals surface area contributed by atoms with Crippen LogP contribution >= 0.6 is 11.3 Å². The Balaban J connectivity index is 1.86. The van der Waals surface area contributed by atoms with Crippen molar-refractivity contribution < 1.29 is 0 Å². The molecule has 0 amide bonds. The standard InChI is InChI=1S/C14H22N2S/c1-4-15-10-6-5-7-11-12(10)16-13(17-11)9-8-14(9,2)3/h9-10,15H,4-8H2,1-3H3. The van der Waals surface area contributed by atoms with E-state index in [1.54, 1.807) is 4.88 Å². The summed E-state index contributed by atoms with van der Waals surface area (Å²) in [7, 11) is 0. The van der Waals surface area contributed by atoms with Gasteiger partial charge >= 0.3 is 0 Å². The molecule has 0 radical (unpaired) electrons. The molecule has 2 atom stereocenters. The number of nitrogens with zero attached hydrogens (tertiary/aromatic N) is 1.